The number of rotatable bonds is 6. The standard InChI is InChI=1S/C24H35F3N4O4/c1-5-34-15-16-12-18(29-22(33)35-23(2,3)4)14-19(16)21(32)31-10-8-30(9-11-31)20-13-17(6-7-28-20)24(25,26)27/h6-7,13,16,18-19H,5,8-12,14-15H2,1-4H3,(H,29,33)/t16?,18-,19?/m1/s1. The number of hydrogen-bond acceptors (Lipinski definition) is 6. The first-order valence-electron chi connectivity index (χ1n) is 12.0. The minimum absolute atomic E-state index is 0.0140. The van der Waals surface area contributed by atoms with E-state index in [-0.39, 0.29) is 29.6 Å². The zero-order chi connectivity index (χ0) is 25.8. The molecule has 3 rings (SSSR count). The van der Waals surface area contributed by atoms with Crippen LogP contribution >= 0.6 is 0 Å². The first kappa shape index (κ1) is 27.0. The summed E-state index contributed by atoms with van der Waals surface area (Å²) < 4.78 is 50.1. The number of aromatic nitrogens is 1. The minimum Gasteiger partial charge on any atom is -0.444 e. The number of nitrogens with one attached hydrogen (secondary N) is 1. The van der Waals surface area contributed by atoms with Crippen molar-refractivity contribution in [1.29, 1.82) is 0 Å². The van der Waals surface area contributed by atoms with Gasteiger partial charge in [-0.2, -0.15) is 13.2 Å². The van der Waals surface area contributed by atoms with E-state index in [2.05, 4.69) is 10.3 Å². The molecule has 2 amide bonds. The Morgan fingerprint density at radius 3 is 2.43 bits per heavy atom. The normalized spacial score (nSPS) is 23.3. The van der Waals surface area contributed by atoms with Crippen molar-refractivity contribution in [3.05, 3.63) is 23.9 Å². The molecule has 2 fully saturated rings. The molecule has 0 radical (unpaired) electrons. The molecule has 2 heterocycles. The summed E-state index contributed by atoms with van der Waals surface area (Å²) in [5.41, 5.74) is -1.36. The summed E-state index contributed by atoms with van der Waals surface area (Å²) in [6, 6.07) is 1.79. The maximum Gasteiger partial charge on any atom is 0.416 e. The third kappa shape index (κ3) is 7.46. The van der Waals surface area contributed by atoms with Crippen LogP contribution in [0, 0.1) is 11.8 Å². The van der Waals surface area contributed by atoms with E-state index in [0.717, 1.165) is 18.3 Å². The lowest BCUT2D eigenvalue weighted by Crippen LogP contribution is -2.51. The Morgan fingerprint density at radius 2 is 1.83 bits per heavy atom. The summed E-state index contributed by atoms with van der Waals surface area (Å²) in [6.45, 7) is 9.78. The number of hydrogen-bond donors (Lipinski definition) is 1. The molecule has 1 aromatic rings. The maximum atomic E-state index is 13.4. The number of carbonyl (C=O) groups excluding carboxylic acids is 2. The second-order valence-corrected chi connectivity index (χ2v) is 10.1. The molecule has 35 heavy (non-hydrogen) atoms. The molecule has 196 valence electrons. The van der Waals surface area contributed by atoms with Crippen molar-refractivity contribution >= 4 is 17.8 Å². The SMILES string of the molecule is CCOCC1C[C@@H](NC(=O)OC(C)(C)C)CC1C(=O)N1CCN(c2cc(C(F)(F)F)ccn2)CC1. The molecular formula is C24H35F3N4O4. The lowest BCUT2D eigenvalue weighted by Gasteiger charge is -2.37. The van der Waals surface area contributed by atoms with Crippen molar-refractivity contribution in [2.24, 2.45) is 11.8 Å². The zero-order valence-corrected chi connectivity index (χ0v) is 20.7. The molecule has 0 aromatic carbocycles. The van der Waals surface area contributed by atoms with E-state index in [0.29, 0.717) is 52.2 Å². The van der Waals surface area contributed by atoms with Gasteiger partial charge >= 0.3 is 12.3 Å². The second-order valence-electron chi connectivity index (χ2n) is 10.1. The number of pyridine rings is 1. The first-order chi connectivity index (χ1) is 16.4. The smallest absolute Gasteiger partial charge is 0.416 e. The highest BCUT2D eigenvalue weighted by atomic mass is 19.4. The Labute approximate surface area is 204 Å². The third-order valence-corrected chi connectivity index (χ3v) is 6.26. The van der Waals surface area contributed by atoms with Gasteiger partial charge < -0.3 is 24.6 Å². The van der Waals surface area contributed by atoms with Gasteiger partial charge in [0.1, 0.15) is 11.4 Å². The van der Waals surface area contributed by atoms with Crippen LogP contribution in [-0.2, 0) is 20.4 Å². The molecule has 1 aliphatic carbocycles. The van der Waals surface area contributed by atoms with Crippen LogP contribution in [0.1, 0.15) is 46.1 Å². The summed E-state index contributed by atoms with van der Waals surface area (Å²) in [6.07, 6.45) is -2.68. The van der Waals surface area contributed by atoms with Crippen molar-refractivity contribution < 1.29 is 32.2 Å². The van der Waals surface area contributed by atoms with Crippen LogP contribution in [0.4, 0.5) is 23.8 Å². The number of halogens is 3. The van der Waals surface area contributed by atoms with E-state index in [1.54, 1.807) is 30.6 Å². The number of ether oxygens (including phenoxy) is 2. The van der Waals surface area contributed by atoms with E-state index in [1.165, 1.54) is 0 Å². The van der Waals surface area contributed by atoms with Crippen LogP contribution in [0.25, 0.3) is 0 Å². The van der Waals surface area contributed by atoms with Crippen LogP contribution in [0.2, 0.25) is 0 Å². The largest absolute Gasteiger partial charge is 0.444 e. The quantitative estimate of drug-likeness (QED) is 0.641. The van der Waals surface area contributed by atoms with E-state index >= 15 is 0 Å². The Balaban J connectivity index is 1.60. The number of carbonyl (C=O) groups is 2. The van der Waals surface area contributed by atoms with Crippen molar-refractivity contribution in [1.82, 2.24) is 15.2 Å². The van der Waals surface area contributed by atoms with E-state index < -0.39 is 23.4 Å². The Hall–Kier alpha value is -2.56. The molecule has 11 heteroatoms. The molecule has 1 N–H and O–H groups in total. The summed E-state index contributed by atoms with van der Waals surface area (Å²) in [7, 11) is 0. The number of nitrogens with zero attached hydrogens (tertiary/aromatic N) is 3. The van der Waals surface area contributed by atoms with Gasteiger partial charge in [-0.25, -0.2) is 9.78 Å². The van der Waals surface area contributed by atoms with Gasteiger partial charge in [-0.3, -0.25) is 4.79 Å². The van der Waals surface area contributed by atoms with Gasteiger partial charge in [-0.1, -0.05) is 0 Å². The van der Waals surface area contributed by atoms with Crippen LogP contribution in [0.15, 0.2) is 18.3 Å². The summed E-state index contributed by atoms with van der Waals surface area (Å²) in [4.78, 5) is 33.2. The molecule has 8 nitrogen and oxygen atoms in total. The number of piperazine rings is 1. The lowest BCUT2D eigenvalue weighted by molar-refractivity contribution is -0.138. The first-order valence-corrected chi connectivity index (χ1v) is 12.0. The molecule has 2 aliphatic rings. The second kappa shape index (κ2) is 11.0. The molecule has 1 aliphatic heterocycles. The van der Waals surface area contributed by atoms with Gasteiger partial charge in [0.2, 0.25) is 5.91 Å². The lowest BCUT2D eigenvalue weighted by atomic mass is 9.95. The van der Waals surface area contributed by atoms with Crippen molar-refractivity contribution in [2.75, 3.05) is 44.3 Å². The topological polar surface area (TPSA) is 84.0 Å². The van der Waals surface area contributed by atoms with Gasteiger partial charge in [-0.15, -0.1) is 0 Å². The van der Waals surface area contributed by atoms with Crippen LogP contribution in [0.5, 0.6) is 0 Å². The number of amides is 2. The van der Waals surface area contributed by atoms with E-state index in [1.807, 2.05) is 6.92 Å². The van der Waals surface area contributed by atoms with E-state index in [9.17, 15) is 22.8 Å². The highest BCUT2D eigenvalue weighted by Crippen LogP contribution is 2.35. The van der Waals surface area contributed by atoms with E-state index in [4.69, 9.17) is 9.47 Å². The Bertz CT molecular complexity index is 882. The molecule has 0 spiro atoms. The number of alkyl halides is 3. The zero-order valence-electron chi connectivity index (χ0n) is 20.7. The minimum atomic E-state index is -4.43. The molecule has 1 saturated heterocycles. The van der Waals surface area contributed by atoms with Gasteiger partial charge in [-0.05, 0) is 58.6 Å². The fraction of sp³-hybridized carbons (Fsp3) is 0.708. The van der Waals surface area contributed by atoms with Crippen LogP contribution < -0.4 is 10.2 Å². The molecule has 0 bridgehead atoms. The monoisotopic (exact) mass is 500 g/mol. The molecular weight excluding hydrogens is 465 g/mol. The van der Waals surface area contributed by atoms with Crippen LogP contribution in [-0.4, -0.2) is 72.9 Å². The van der Waals surface area contributed by atoms with Crippen molar-refractivity contribution in [3.63, 3.8) is 0 Å². The summed E-state index contributed by atoms with van der Waals surface area (Å²) in [5, 5.41) is 2.88. The van der Waals surface area contributed by atoms with Gasteiger partial charge in [0, 0.05) is 50.9 Å². The summed E-state index contributed by atoms with van der Waals surface area (Å²) >= 11 is 0. The number of anilines is 1. The molecule has 3 atom stereocenters. The highest BCUT2D eigenvalue weighted by molar-refractivity contribution is 5.80. The van der Waals surface area contributed by atoms with Gasteiger partial charge in [0.15, 0.2) is 0 Å². The predicted octanol–water partition coefficient (Wildman–Crippen LogP) is 3.71. The average molecular weight is 501 g/mol. The third-order valence-electron chi connectivity index (χ3n) is 6.26. The predicted molar refractivity (Wildman–Crippen MR) is 124 cm³/mol. The van der Waals surface area contributed by atoms with Crippen LogP contribution in [0.3, 0.4) is 0 Å². The Morgan fingerprint density at radius 1 is 1.14 bits per heavy atom. The fourth-order valence-electron chi connectivity index (χ4n) is 4.63. The Kier molecular flexibility index (Phi) is 8.50. The average Bonchev–Trinajstić information content (AvgIpc) is 3.17. The number of alkyl carbamates (subject to hydrolysis) is 1. The molecule has 2 unspecified atom stereocenters. The van der Waals surface area contributed by atoms with Gasteiger partial charge in [0.05, 0.1) is 12.2 Å². The van der Waals surface area contributed by atoms with Gasteiger partial charge in [0.25, 0.3) is 0 Å². The van der Waals surface area contributed by atoms with Crippen molar-refractivity contribution in [2.45, 2.75) is 58.4 Å². The highest BCUT2D eigenvalue weighted by Gasteiger charge is 2.42. The molecule has 1 saturated carbocycles. The fourth-order valence-corrected chi connectivity index (χ4v) is 4.63. The van der Waals surface area contributed by atoms with Crippen molar-refractivity contribution in [3.8, 4) is 0 Å². The summed E-state index contributed by atoms with van der Waals surface area (Å²) in [5.74, 6) is -0.103. The maximum absolute atomic E-state index is 13.4. The molecule has 1 aromatic heterocycles.